The van der Waals surface area contributed by atoms with E-state index in [1.165, 1.54) is 42.5 Å². The SMILES string of the molecule is CC(=O)Nc1ccc(N2C(=O)CC(Sc3nc(-c4cccs4)cc(C(F)(F)F)c3C#N)C2=O)cc1. The number of alkyl halides is 3. The Morgan fingerprint density at radius 1 is 1.26 bits per heavy atom. The minimum absolute atomic E-state index is 0.0241. The zero-order valence-corrected chi connectivity index (χ0v) is 19.6. The van der Waals surface area contributed by atoms with E-state index >= 15 is 0 Å². The first kappa shape index (κ1) is 24.4. The molecule has 2 aromatic heterocycles. The highest BCUT2D eigenvalue weighted by Crippen LogP contribution is 2.41. The van der Waals surface area contributed by atoms with Crippen molar-refractivity contribution >= 4 is 52.2 Å². The number of thioether (sulfide) groups is 1. The maximum absolute atomic E-state index is 13.7. The van der Waals surface area contributed by atoms with Gasteiger partial charge in [0.2, 0.25) is 17.7 Å². The summed E-state index contributed by atoms with van der Waals surface area (Å²) in [5, 5.41) is 12.4. The summed E-state index contributed by atoms with van der Waals surface area (Å²) in [4.78, 5) is 42.5. The van der Waals surface area contributed by atoms with Gasteiger partial charge in [0.1, 0.15) is 11.1 Å². The first-order valence-electron chi connectivity index (χ1n) is 10.1. The van der Waals surface area contributed by atoms with E-state index in [0.29, 0.717) is 22.3 Å². The van der Waals surface area contributed by atoms with Crippen molar-refractivity contribution in [3.8, 4) is 16.6 Å². The molecule has 3 amide bonds. The summed E-state index contributed by atoms with van der Waals surface area (Å²) in [7, 11) is 0. The molecule has 1 unspecified atom stereocenters. The number of rotatable bonds is 5. The van der Waals surface area contributed by atoms with E-state index in [4.69, 9.17) is 0 Å². The number of nitriles is 1. The lowest BCUT2D eigenvalue weighted by atomic mass is 10.1. The minimum atomic E-state index is -4.81. The molecule has 1 N–H and O–H groups in total. The van der Waals surface area contributed by atoms with Gasteiger partial charge in [-0.15, -0.1) is 11.3 Å². The number of hydrogen-bond donors (Lipinski definition) is 1. The molecule has 0 bridgehead atoms. The lowest BCUT2D eigenvalue weighted by Gasteiger charge is -2.17. The number of amides is 3. The number of aromatic nitrogens is 1. The van der Waals surface area contributed by atoms with Crippen LogP contribution in [0.3, 0.4) is 0 Å². The summed E-state index contributed by atoms with van der Waals surface area (Å²) in [6.07, 6.45) is -5.08. The van der Waals surface area contributed by atoms with Gasteiger partial charge in [-0.1, -0.05) is 17.8 Å². The molecule has 178 valence electrons. The van der Waals surface area contributed by atoms with Gasteiger partial charge in [0.15, 0.2) is 0 Å². The van der Waals surface area contributed by atoms with Crippen LogP contribution in [0.1, 0.15) is 24.5 Å². The molecule has 3 aromatic rings. The van der Waals surface area contributed by atoms with Crippen LogP contribution >= 0.6 is 23.1 Å². The molecular weight excluding hydrogens is 501 g/mol. The van der Waals surface area contributed by atoms with Crippen LogP contribution in [0.25, 0.3) is 10.6 Å². The van der Waals surface area contributed by atoms with Gasteiger partial charge in [-0.05, 0) is 41.8 Å². The van der Waals surface area contributed by atoms with Crippen LogP contribution in [0.4, 0.5) is 24.5 Å². The Balaban J connectivity index is 1.67. The van der Waals surface area contributed by atoms with Gasteiger partial charge < -0.3 is 5.32 Å². The molecule has 0 saturated carbocycles. The van der Waals surface area contributed by atoms with Gasteiger partial charge in [0, 0.05) is 19.0 Å². The highest BCUT2D eigenvalue weighted by molar-refractivity contribution is 8.00. The van der Waals surface area contributed by atoms with E-state index in [0.717, 1.165) is 11.0 Å². The smallest absolute Gasteiger partial charge is 0.326 e. The van der Waals surface area contributed by atoms with E-state index in [1.54, 1.807) is 23.6 Å². The first-order chi connectivity index (χ1) is 16.6. The van der Waals surface area contributed by atoms with Gasteiger partial charge in [-0.2, -0.15) is 18.4 Å². The molecule has 12 heteroatoms. The number of carbonyl (C=O) groups is 3. The Kier molecular flexibility index (Phi) is 6.64. The number of nitrogens with one attached hydrogen (secondary N) is 1. The average Bonchev–Trinajstić information content (AvgIpc) is 3.42. The van der Waals surface area contributed by atoms with Crippen LogP contribution in [-0.4, -0.2) is 28.0 Å². The fourth-order valence-corrected chi connectivity index (χ4v) is 5.30. The number of pyridine rings is 1. The van der Waals surface area contributed by atoms with Gasteiger partial charge in [-0.25, -0.2) is 9.88 Å². The van der Waals surface area contributed by atoms with Gasteiger partial charge in [0.05, 0.1) is 32.6 Å². The topological polar surface area (TPSA) is 103 Å². The maximum atomic E-state index is 13.7. The number of thiophene rings is 1. The number of anilines is 2. The summed E-state index contributed by atoms with van der Waals surface area (Å²) in [6, 6.07) is 11.6. The summed E-state index contributed by atoms with van der Waals surface area (Å²) in [5.41, 5.74) is -1.09. The molecule has 0 aliphatic carbocycles. The number of halogens is 3. The summed E-state index contributed by atoms with van der Waals surface area (Å²) in [6.45, 7) is 1.34. The van der Waals surface area contributed by atoms with Crippen LogP contribution in [-0.2, 0) is 20.6 Å². The van der Waals surface area contributed by atoms with Crippen molar-refractivity contribution in [1.29, 1.82) is 5.26 Å². The fraction of sp³-hybridized carbons (Fsp3) is 0.174. The van der Waals surface area contributed by atoms with Crippen molar-refractivity contribution in [3.05, 3.63) is 59.0 Å². The van der Waals surface area contributed by atoms with E-state index < -0.39 is 34.4 Å². The molecule has 1 aliphatic rings. The van der Waals surface area contributed by atoms with Crippen LogP contribution in [0, 0.1) is 11.3 Å². The number of nitrogens with zero attached hydrogens (tertiary/aromatic N) is 3. The molecule has 35 heavy (non-hydrogen) atoms. The summed E-state index contributed by atoms with van der Waals surface area (Å²) in [5.74, 6) is -1.46. The number of imide groups is 1. The molecule has 1 aliphatic heterocycles. The fourth-order valence-electron chi connectivity index (χ4n) is 3.49. The Hall–Kier alpha value is -3.69. The predicted molar refractivity (Wildman–Crippen MR) is 125 cm³/mol. The molecular formula is C23H15F3N4O3S2. The standard InChI is InChI=1S/C23H15F3N4O3S2/c1-12(31)28-13-4-6-14(7-5-13)30-20(32)10-19(22(30)33)35-21-15(11-27)16(23(24,25)26)9-17(29-21)18-3-2-8-34-18/h2-9,19H,10H2,1H3,(H,28,31). The highest BCUT2D eigenvalue weighted by Gasteiger charge is 2.42. The Labute approximate surface area is 205 Å². The second kappa shape index (κ2) is 9.52. The monoisotopic (exact) mass is 516 g/mol. The van der Waals surface area contributed by atoms with Crippen molar-refractivity contribution in [2.75, 3.05) is 10.2 Å². The maximum Gasteiger partial charge on any atom is 0.417 e. The molecule has 1 fully saturated rings. The van der Waals surface area contributed by atoms with E-state index in [9.17, 15) is 32.8 Å². The normalized spacial score (nSPS) is 15.9. The Bertz CT molecular complexity index is 1350. The molecule has 0 radical (unpaired) electrons. The minimum Gasteiger partial charge on any atom is -0.326 e. The number of hydrogen-bond acceptors (Lipinski definition) is 7. The van der Waals surface area contributed by atoms with Crippen molar-refractivity contribution < 1.29 is 27.6 Å². The van der Waals surface area contributed by atoms with Crippen LogP contribution < -0.4 is 10.2 Å². The van der Waals surface area contributed by atoms with Gasteiger partial charge in [0.25, 0.3) is 0 Å². The second-order valence-electron chi connectivity index (χ2n) is 7.43. The molecule has 1 atom stereocenters. The molecule has 1 aromatic carbocycles. The van der Waals surface area contributed by atoms with Gasteiger partial charge in [-0.3, -0.25) is 14.4 Å². The van der Waals surface area contributed by atoms with E-state index in [2.05, 4.69) is 10.3 Å². The number of benzene rings is 1. The van der Waals surface area contributed by atoms with Crippen LogP contribution in [0.15, 0.2) is 52.9 Å². The highest BCUT2D eigenvalue weighted by atomic mass is 32.2. The first-order valence-corrected chi connectivity index (χ1v) is 11.8. The molecule has 1 saturated heterocycles. The van der Waals surface area contributed by atoms with E-state index in [-0.39, 0.29) is 28.7 Å². The second-order valence-corrected chi connectivity index (χ2v) is 9.57. The zero-order chi connectivity index (χ0) is 25.3. The molecule has 4 rings (SSSR count). The van der Waals surface area contributed by atoms with E-state index in [1.807, 2.05) is 0 Å². The molecule has 3 heterocycles. The summed E-state index contributed by atoms with van der Waals surface area (Å²) < 4.78 is 41.2. The van der Waals surface area contributed by atoms with Crippen LogP contribution in [0.2, 0.25) is 0 Å². The largest absolute Gasteiger partial charge is 0.417 e. The Morgan fingerprint density at radius 3 is 2.54 bits per heavy atom. The third kappa shape index (κ3) is 5.06. The third-order valence-electron chi connectivity index (χ3n) is 4.98. The quantitative estimate of drug-likeness (QED) is 0.474. The molecule has 7 nitrogen and oxygen atoms in total. The van der Waals surface area contributed by atoms with Gasteiger partial charge >= 0.3 is 6.18 Å². The summed E-state index contributed by atoms with van der Waals surface area (Å²) >= 11 is 1.85. The van der Waals surface area contributed by atoms with Crippen molar-refractivity contribution in [2.45, 2.75) is 29.8 Å². The average molecular weight is 517 g/mol. The lowest BCUT2D eigenvalue weighted by Crippen LogP contribution is -2.31. The van der Waals surface area contributed by atoms with Crippen LogP contribution in [0.5, 0.6) is 0 Å². The zero-order valence-electron chi connectivity index (χ0n) is 17.9. The number of carbonyl (C=O) groups excluding carboxylic acids is 3. The van der Waals surface area contributed by atoms with Crippen molar-refractivity contribution in [1.82, 2.24) is 4.98 Å². The molecule has 0 spiro atoms. The van der Waals surface area contributed by atoms with Crippen molar-refractivity contribution in [2.24, 2.45) is 0 Å². The lowest BCUT2D eigenvalue weighted by molar-refractivity contribution is -0.138. The Morgan fingerprint density at radius 2 is 1.97 bits per heavy atom. The predicted octanol–water partition coefficient (Wildman–Crippen LogP) is 5.08. The van der Waals surface area contributed by atoms with Crippen molar-refractivity contribution in [3.63, 3.8) is 0 Å². The third-order valence-corrected chi connectivity index (χ3v) is 7.05.